The molecule has 2 N–H and O–H groups in total. The van der Waals surface area contributed by atoms with Gasteiger partial charge in [-0.1, -0.05) is 25.5 Å². The maximum atomic E-state index is 13.2. The van der Waals surface area contributed by atoms with Crippen LogP contribution < -0.4 is 10.0 Å². The van der Waals surface area contributed by atoms with E-state index in [1.807, 2.05) is 6.07 Å². The monoisotopic (exact) mass is 497 g/mol. The second kappa shape index (κ2) is 11.2. The fourth-order valence-electron chi connectivity index (χ4n) is 4.90. The van der Waals surface area contributed by atoms with Gasteiger partial charge in [0.25, 0.3) is 15.9 Å². The van der Waals surface area contributed by atoms with Crippen molar-refractivity contribution in [3.05, 3.63) is 59.2 Å². The molecule has 1 saturated heterocycles. The smallest absolute Gasteiger partial charge is 0.261 e. The molecule has 1 heterocycles. The lowest BCUT2D eigenvalue weighted by molar-refractivity contribution is -0.126. The molecular formula is C27H35N3O4S. The van der Waals surface area contributed by atoms with Gasteiger partial charge in [-0.25, -0.2) is 8.42 Å². The van der Waals surface area contributed by atoms with Gasteiger partial charge in [0.1, 0.15) is 0 Å². The maximum absolute atomic E-state index is 13.2. The van der Waals surface area contributed by atoms with Crippen molar-refractivity contribution < 1.29 is 18.0 Å². The average Bonchev–Trinajstić information content (AvgIpc) is 2.88. The Hall–Kier alpha value is -2.87. The van der Waals surface area contributed by atoms with Crippen LogP contribution in [-0.2, 0) is 27.7 Å². The third-order valence-electron chi connectivity index (χ3n) is 6.90. The second-order valence-corrected chi connectivity index (χ2v) is 11.2. The fourth-order valence-corrected chi connectivity index (χ4v) is 6.00. The zero-order valence-electron chi connectivity index (χ0n) is 20.4. The first kappa shape index (κ1) is 25.2. The summed E-state index contributed by atoms with van der Waals surface area (Å²) in [6.07, 6.45) is 7.59. The number of anilines is 1. The number of hydrogen-bond acceptors (Lipinski definition) is 4. The Morgan fingerprint density at radius 3 is 2.63 bits per heavy atom. The standard InChI is InChI=1S/C27H35N3O4S/c1-2-3-15-28-26(31)23-11-7-16-30(19-23)27(32)22-10-6-12-24(17-22)29-35(33,34)25-14-13-20-8-4-5-9-21(20)18-25/h6,10,12-14,17-18,23,29H,2-5,7-9,11,15-16,19H2,1H3,(H,28,31)/t23-/m0/s1. The minimum absolute atomic E-state index is 0.00232. The highest BCUT2D eigenvalue weighted by Crippen LogP contribution is 2.26. The van der Waals surface area contributed by atoms with Crippen molar-refractivity contribution in [1.82, 2.24) is 10.2 Å². The van der Waals surface area contributed by atoms with Crippen molar-refractivity contribution in [2.24, 2.45) is 5.92 Å². The van der Waals surface area contributed by atoms with E-state index in [0.29, 0.717) is 30.9 Å². The molecule has 1 aliphatic carbocycles. The Morgan fingerprint density at radius 2 is 1.83 bits per heavy atom. The van der Waals surface area contributed by atoms with E-state index in [1.165, 1.54) is 5.56 Å². The highest BCUT2D eigenvalue weighted by atomic mass is 32.2. The maximum Gasteiger partial charge on any atom is 0.261 e. The number of unbranched alkanes of at least 4 members (excludes halogenated alkanes) is 1. The summed E-state index contributed by atoms with van der Waals surface area (Å²) in [6.45, 7) is 3.70. The summed E-state index contributed by atoms with van der Waals surface area (Å²) in [7, 11) is -3.77. The van der Waals surface area contributed by atoms with Crippen molar-refractivity contribution in [2.45, 2.75) is 63.2 Å². The summed E-state index contributed by atoms with van der Waals surface area (Å²) in [6, 6.07) is 11.9. The molecule has 0 bridgehead atoms. The third kappa shape index (κ3) is 6.23. The van der Waals surface area contributed by atoms with Gasteiger partial charge >= 0.3 is 0 Å². The molecule has 1 fully saturated rings. The van der Waals surface area contributed by atoms with Crippen LogP contribution in [0.3, 0.4) is 0 Å². The molecule has 1 aliphatic heterocycles. The number of likely N-dealkylation sites (tertiary alicyclic amines) is 1. The first-order chi connectivity index (χ1) is 16.9. The Kier molecular flexibility index (Phi) is 8.11. The average molecular weight is 498 g/mol. The Balaban J connectivity index is 1.44. The fraction of sp³-hybridized carbons (Fsp3) is 0.481. The van der Waals surface area contributed by atoms with Gasteiger partial charge in [-0.2, -0.15) is 0 Å². The molecule has 2 aromatic carbocycles. The largest absolute Gasteiger partial charge is 0.356 e. The Bertz CT molecular complexity index is 1180. The van der Waals surface area contributed by atoms with E-state index in [9.17, 15) is 18.0 Å². The topological polar surface area (TPSA) is 95.6 Å². The first-order valence-electron chi connectivity index (χ1n) is 12.7. The summed E-state index contributed by atoms with van der Waals surface area (Å²) in [5.41, 5.74) is 3.07. The number of fused-ring (bicyclic) bond motifs is 1. The molecule has 1 atom stereocenters. The van der Waals surface area contributed by atoms with Crippen molar-refractivity contribution in [3.63, 3.8) is 0 Å². The van der Waals surface area contributed by atoms with Gasteiger partial charge in [-0.05, 0) is 86.4 Å². The van der Waals surface area contributed by atoms with Gasteiger partial charge in [-0.15, -0.1) is 0 Å². The zero-order chi connectivity index (χ0) is 24.8. The first-order valence-corrected chi connectivity index (χ1v) is 14.2. The van der Waals surface area contributed by atoms with Crippen LogP contribution in [0.25, 0.3) is 0 Å². The number of carbonyl (C=O) groups is 2. The van der Waals surface area contributed by atoms with E-state index in [1.54, 1.807) is 41.3 Å². The molecule has 2 aliphatic rings. The van der Waals surface area contributed by atoms with Crippen LogP contribution in [0, 0.1) is 5.92 Å². The molecule has 35 heavy (non-hydrogen) atoms. The van der Waals surface area contributed by atoms with Crippen LogP contribution in [0.5, 0.6) is 0 Å². The molecule has 0 spiro atoms. The highest BCUT2D eigenvalue weighted by molar-refractivity contribution is 7.92. The van der Waals surface area contributed by atoms with Crippen LogP contribution >= 0.6 is 0 Å². The zero-order valence-corrected chi connectivity index (χ0v) is 21.2. The number of aryl methyl sites for hydroxylation is 2. The number of sulfonamides is 1. The van der Waals surface area contributed by atoms with E-state index >= 15 is 0 Å². The van der Waals surface area contributed by atoms with Gasteiger partial charge in [0.15, 0.2) is 0 Å². The number of benzene rings is 2. The number of hydrogen-bond donors (Lipinski definition) is 2. The number of piperidine rings is 1. The normalized spacial score (nSPS) is 18.0. The summed E-state index contributed by atoms with van der Waals surface area (Å²) >= 11 is 0. The van der Waals surface area contributed by atoms with Gasteiger partial charge in [0.05, 0.1) is 10.8 Å². The minimum Gasteiger partial charge on any atom is -0.356 e. The van der Waals surface area contributed by atoms with E-state index in [4.69, 9.17) is 0 Å². The molecule has 0 radical (unpaired) electrons. The SMILES string of the molecule is CCCCNC(=O)[C@H]1CCCN(C(=O)c2cccc(NS(=O)(=O)c3ccc4c(c3)CCCC4)c2)C1. The van der Waals surface area contributed by atoms with Crippen molar-refractivity contribution >= 4 is 27.5 Å². The van der Waals surface area contributed by atoms with E-state index in [2.05, 4.69) is 17.0 Å². The van der Waals surface area contributed by atoms with Gasteiger partial charge in [0.2, 0.25) is 5.91 Å². The number of nitrogens with zero attached hydrogens (tertiary/aromatic N) is 1. The van der Waals surface area contributed by atoms with Crippen LogP contribution in [0.4, 0.5) is 5.69 Å². The lowest BCUT2D eigenvalue weighted by Crippen LogP contribution is -2.45. The summed E-state index contributed by atoms with van der Waals surface area (Å²) in [4.78, 5) is 27.6. The molecule has 8 heteroatoms. The molecule has 2 aromatic rings. The Morgan fingerprint density at radius 1 is 1.03 bits per heavy atom. The van der Waals surface area contributed by atoms with E-state index < -0.39 is 10.0 Å². The predicted molar refractivity (Wildman–Crippen MR) is 137 cm³/mol. The number of rotatable bonds is 8. The van der Waals surface area contributed by atoms with E-state index in [0.717, 1.165) is 56.9 Å². The predicted octanol–water partition coefficient (Wildman–Crippen LogP) is 4.13. The summed E-state index contributed by atoms with van der Waals surface area (Å²) in [5.74, 6) is -0.399. The quantitative estimate of drug-likeness (QED) is 0.536. The van der Waals surface area contributed by atoms with Crippen molar-refractivity contribution in [1.29, 1.82) is 0 Å². The lowest BCUT2D eigenvalue weighted by Gasteiger charge is -2.32. The molecular weight excluding hydrogens is 462 g/mol. The van der Waals surface area contributed by atoms with Crippen molar-refractivity contribution in [2.75, 3.05) is 24.4 Å². The molecule has 0 aromatic heterocycles. The van der Waals surface area contributed by atoms with Gasteiger partial charge < -0.3 is 10.2 Å². The number of amides is 2. The molecule has 188 valence electrons. The van der Waals surface area contributed by atoms with E-state index in [-0.39, 0.29) is 22.6 Å². The third-order valence-corrected chi connectivity index (χ3v) is 8.28. The van der Waals surface area contributed by atoms with Gasteiger partial charge in [-0.3, -0.25) is 14.3 Å². The van der Waals surface area contributed by atoms with Crippen molar-refractivity contribution in [3.8, 4) is 0 Å². The minimum atomic E-state index is -3.77. The van der Waals surface area contributed by atoms with Crippen LogP contribution in [0.1, 0.15) is 66.9 Å². The number of carbonyl (C=O) groups excluding carboxylic acids is 2. The summed E-state index contributed by atoms with van der Waals surface area (Å²) < 4.78 is 28.7. The highest BCUT2D eigenvalue weighted by Gasteiger charge is 2.29. The molecule has 0 saturated carbocycles. The van der Waals surface area contributed by atoms with Crippen LogP contribution in [0.2, 0.25) is 0 Å². The van der Waals surface area contributed by atoms with Crippen LogP contribution in [-0.4, -0.2) is 44.8 Å². The second-order valence-electron chi connectivity index (χ2n) is 9.56. The Labute approximate surface area is 208 Å². The van der Waals surface area contributed by atoms with Gasteiger partial charge in [0, 0.05) is 30.9 Å². The van der Waals surface area contributed by atoms with Crippen LogP contribution in [0.15, 0.2) is 47.4 Å². The molecule has 2 amide bonds. The summed E-state index contributed by atoms with van der Waals surface area (Å²) in [5, 5.41) is 2.97. The molecule has 7 nitrogen and oxygen atoms in total. The molecule has 4 rings (SSSR count). The number of nitrogens with one attached hydrogen (secondary N) is 2. The molecule has 0 unspecified atom stereocenters. The lowest BCUT2D eigenvalue weighted by atomic mass is 9.92.